The number of aromatic nitrogens is 3. The van der Waals surface area contributed by atoms with Crippen LogP contribution in [0.1, 0.15) is 64.3 Å². The molecule has 1 aromatic carbocycles. The molecule has 1 fully saturated rings. The summed E-state index contributed by atoms with van der Waals surface area (Å²) in [6, 6.07) is 9.44. The number of ether oxygens (including phenoxy) is 2. The lowest BCUT2D eigenvalue weighted by Gasteiger charge is -2.15. The monoisotopic (exact) mass is 577 g/mol. The third-order valence-electron chi connectivity index (χ3n) is 8.16. The number of carbonyl (C=O) groups is 1. The summed E-state index contributed by atoms with van der Waals surface area (Å²) in [7, 11) is 1.63. The van der Waals surface area contributed by atoms with Crippen molar-refractivity contribution in [3.63, 3.8) is 0 Å². The number of Topliss-reactive ketones (excluding diaryl/α,β-unsaturated/α-hetero) is 1. The number of methoxy groups -OCH3 is 1. The molecular weight excluding hydrogens is 542 g/mol. The summed E-state index contributed by atoms with van der Waals surface area (Å²) in [5.74, 6) is 0.955. The zero-order valence-electron chi connectivity index (χ0n) is 23.3. The number of carbonyl (C=O) groups excluding carboxylic acids is 1. The molecule has 0 N–H and O–H groups in total. The van der Waals surface area contributed by atoms with E-state index >= 15 is 0 Å². The summed E-state index contributed by atoms with van der Waals surface area (Å²) < 4.78 is 15.1. The number of benzene rings is 1. The van der Waals surface area contributed by atoms with Gasteiger partial charge in [0, 0.05) is 35.0 Å². The quantitative estimate of drug-likeness (QED) is 0.106. The van der Waals surface area contributed by atoms with E-state index in [0.29, 0.717) is 5.16 Å². The van der Waals surface area contributed by atoms with Gasteiger partial charge in [0.05, 0.1) is 30.0 Å². The van der Waals surface area contributed by atoms with Crippen molar-refractivity contribution in [3.8, 4) is 11.4 Å². The average Bonchev–Trinajstić information content (AvgIpc) is 3.62. The van der Waals surface area contributed by atoms with Gasteiger partial charge < -0.3 is 14.0 Å². The van der Waals surface area contributed by atoms with Crippen LogP contribution in [0.4, 0.5) is 0 Å². The van der Waals surface area contributed by atoms with Gasteiger partial charge in [-0.25, -0.2) is 4.98 Å². The zero-order chi connectivity index (χ0) is 27.8. The number of thioether (sulfide) groups is 1. The van der Waals surface area contributed by atoms with Crippen LogP contribution in [0.15, 0.2) is 40.3 Å². The Bertz CT molecular complexity index is 1610. The number of rotatable bonds is 8. The van der Waals surface area contributed by atoms with E-state index in [4.69, 9.17) is 14.5 Å². The highest BCUT2D eigenvalue weighted by atomic mass is 32.2. The van der Waals surface area contributed by atoms with Crippen molar-refractivity contribution in [2.75, 3.05) is 19.5 Å². The number of hydrogen-bond acceptors (Lipinski definition) is 7. The fourth-order valence-corrected chi connectivity index (χ4v) is 8.18. The van der Waals surface area contributed by atoms with E-state index in [1.54, 1.807) is 23.0 Å². The second kappa shape index (κ2) is 11.5. The van der Waals surface area contributed by atoms with Gasteiger partial charge >= 0.3 is 0 Å². The van der Waals surface area contributed by atoms with Gasteiger partial charge in [-0.2, -0.15) is 0 Å². The first-order chi connectivity index (χ1) is 19.4. The van der Waals surface area contributed by atoms with E-state index in [-0.39, 0.29) is 23.2 Å². The molecule has 3 aromatic heterocycles. The summed E-state index contributed by atoms with van der Waals surface area (Å²) >= 11 is 2.98. The molecule has 0 spiro atoms. The molecule has 2 aliphatic rings. The van der Waals surface area contributed by atoms with Crippen molar-refractivity contribution in [3.05, 3.63) is 68.1 Å². The van der Waals surface area contributed by atoms with E-state index in [1.165, 1.54) is 28.6 Å². The summed E-state index contributed by atoms with van der Waals surface area (Å²) in [6.45, 7) is 5.64. The molecule has 4 heterocycles. The molecule has 0 saturated carbocycles. The van der Waals surface area contributed by atoms with Gasteiger partial charge in [-0.3, -0.25) is 14.2 Å². The van der Waals surface area contributed by atoms with E-state index < -0.39 is 0 Å². The van der Waals surface area contributed by atoms with Gasteiger partial charge in [0.25, 0.3) is 5.56 Å². The number of ketones is 1. The number of fused-ring (bicyclic) bond motifs is 3. The Labute approximate surface area is 242 Å². The first-order valence-electron chi connectivity index (χ1n) is 14.1. The second-order valence-electron chi connectivity index (χ2n) is 10.7. The molecular formula is C31H35N3O4S2. The molecule has 0 radical (unpaired) electrons. The molecule has 1 aliphatic heterocycles. The van der Waals surface area contributed by atoms with Crippen molar-refractivity contribution in [1.82, 2.24) is 14.1 Å². The van der Waals surface area contributed by atoms with Crippen molar-refractivity contribution in [2.45, 2.75) is 76.6 Å². The van der Waals surface area contributed by atoms with Crippen molar-refractivity contribution >= 4 is 39.1 Å². The predicted octanol–water partition coefficient (Wildman–Crippen LogP) is 6.30. The first-order valence-corrected chi connectivity index (χ1v) is 15.9. The lowest BCUT2D eigenvalue weighted by Crippen LogP contribution is -2.22. The van der Waals surface area contributed by atoms with Crippen LogP contribution in [0.25, 0.3) is 15.9 Å². The Kier molecular flexibility index (Phi) is 7.88. The SMILES string of the molecule is COc1ccc(-n2c(SCC(=O)c3cc(C)n(C[C@@H]4CCCO4)c3C)nc3sc4c(c3c2=O)CCCCC4)cc1. The van der Waals surface area contributed by atoms with Crippen LogP contribution in [0.5, 0.6) is 5.75 Å². The smallest absolute Gasteiger partial charge is 0.267 e. The maximum Gasteiger partial charge on any atom is 0.267 e. The van der Waals surface area contributed by atoms with Crippen molar-refractivity contribution in [1.29, 1.82) is 0 Å². The maximum atomic E-state index is 14.1. The molecule has 40 heavy (non-hydrogen) atoms. The topological polar surface area (TPSA) is 75.3 Å². The summed E-state index contributed by atoms with van der Waals surface area (Å²) in [6.07, 6.45) is 7.70. The number of thiophene rings is 1. The molecule has 210 valence electrons. The van der Waals surface area contributed by atoms with Crippen LogP contribution in [-0.2, 0) is 24.1 Å². The molecule has 7 nitrogen and oxygen atoms in total. The number of aryl methyl sites for hydroxylation is 3. The summed E-state index contributed by atoms with van der Waals surface area (Å²) in [4.78, 5) is 34.7. The van der Waals surface area contributed by atoms with E-state index in [0.717, 1.165) is 90.3 Å². The highest BCUT2D eigenvalue weighted by Crippen LogP contribution is 2.35. The third kappa shape index (κ3) is 5.15. The van der Waals surface area contributed by atoms with Crippen molar-refractivity contribution in [2.24, 2.45) is 0 Å². The molecule has 9 heteroatoms. The van der Waals surface area contributed by atoms with Crippen molar-refractivity contribution < 1.29 is 14.3 Å². The van der Waals surface area contributed by atoms with Gasteiger partial charge in [0.15, 0.2) is 10.9 Å². The van der Waals surface area contributed by atoms with Crippen LogP contribution < -0.4 is 10.3 Å². The minimum Gasteiger partial charge on any atom is -0.497 e. The molecule has 0 bridgehead atoms. The Balaban J connectivity index is 1.35. The predicted molar refractivity (Wildman–Crippen MR) is 161 cm³/mol. The van der Waals surface area contributed by atoms with Gasteiger partial charge in [-0.05, 0) is 88.3 Å². The Hall–Kier alpha value is -2.88. The lowest BCUT2D eigenvalue weighted by molar-refractivity contribution is 0.0957. The standard InChI is InChI=1S/C31H35N3O4S2/c1-19-16-25(20(2)33(19)17-23-8-7-15-38-23)26(35)18-39-31-32-29-28(24-9-5-4-6-10-27(24)40-29)30(36)34(31)21-11-13-22(37-3)14-12-21/h11-14,16,23H,4-10,15,17-18H2,1-3H3/t23-/m0/s1. The van der Waals surface area contributed by atoms with Crippen LogP contribution >= 0.6 is 23.1 Å². The molecule has 1 aliphatic carbocycles. The van der Waals surface area contributed by atoms with E-state index in [2.05, 4.69) is 4.57 Å². The minimum absolute atomic E-state index is 0.0364. The van der Waals surface area contributed by atoms with Gasteiger partial charge in [-0.1, -0.05) is 18.2 Å². The Morgan fingerprint density at radius 1 is 1.15 bits per heavy atom. The molecule has 0 unspecified atom stereocenters. The van der Waals surface area contributed by atoms with Crippen LogP contribution in [0.3, 0.4) is 0 Å². The lowest BCUT2D eigenvalue weighted by atomic mass is 10.1. The fraction of sp³-hybridized carbons (Fsp3) is 0.452. The molecule has 0 amide bonds. The van der Waals surface area contributed by atoms with Gasteiger partial charge in [0.2, 0.25) is 0 Å². The van der Waals surface area contributed by atoms with Crippen LogP contribution in [-0.4, -0.2) is 45.5 Å². The normalized spacial score (nSPS) is 17.2. The summed E-state index contributed by atoms with van der Waals surface area (Å²) in [5.41, 5.74) is 4.60. The maximum absolute atomic E-state index is 14.1. The van der Waals surface area contributed by atoms with Crippen LogP contribution in [0, 0.1) is 13.8 Å². The van der Waals surface area contributed by atoms with Gasteiger partial charge in [-0.15, -0.1) is 11.3 Å². The minimum atomic E-state index is -0.0562. The molecule has 1 atom stereocenters. The number of nitrogens with zero attached hydrogens (tertiary/aromatic N) is 3. The molecule has 1 saturated heterocycles. The summed E-state index contributed by atoms with van der Waals surface area (Å²) in [5, 5.41) is 1.28. The Morgan fingerprint density at radius 3 is 2.70 bits per heavy atom. The van der Waals surface area contributed by atoms with Gasteiger partial charge in [0.1, 0.15) is 10.6 Å². The highest BCUT2D eigenvalue weighted by Gasteiger charge is 2.24. The molecule has 6 rings (SSSR count). The average molecular weight is 578 g/mol. The highest BCUT2D eigenvalue weighted by molar-refractivity contribution is 7.99. The molecule has 4 aromatic rings. The fourth-order valence-electron chi connectivity index (χ4n) is 5.98. The second-order valence-corrected chi connectivity index (χ2v) is 12.7. The largest absolute Gasteiger partial charge is 0.497 e. The van der Waals surface area contributed by atoms with E-state index in [9.17, 15) is 9.59 Å². The van der Waals surface area contributed by atoms with E-state index in [1.807, 2.05) is 44.2 Å². The number of hydrogen-bond donors (Lipinski definition) is 0. The zero-order valence-corrected chi connectivity index (χ0v) is 25.0. The first kappa shape index (κ1) is 27.3. The Morgan fingerprint density at radius 2 is 1.95 bits per heavy atom. The third-order valence-corrected chi connectivity index (χ3v) is 10.3. The van der Waals surface area contributed by atoms with Crippen LogP contribution in [0.2, 0.25) is 0 Å².